The van der Waals surface area contributed by atoms with Gasteiger partial charge in [-0.25, -0.2) is 9.18 Å². The van der Waals surface area contributed by atoms with Crippen LogP contribution in [0, 0.1) is 26.0 Å². The average molecular weight is 374 g/mol. The van der Waals surface area contributed by atoms with Crippen LogP contribution in [-0.4, -0.2) is 15.8 Å². The molecule has 0 unspecified atom stereocenters. The zero-order valence-electron chi connectivity index (χ0n) is 13.1. The number of hydrogen-bond acceptors (Lipinski definition) is 8. The molecule has 0 atom stereocenters. The molecular weight excluding hydrogens is 367 g/mol. The maximum Gasteiger partial charge on any atom is 0.350 e. The van der Waals surface area contributed by atoms with Gasteiger partial charge in [0, 0.05) is 12.1 Å². The van der Waals surface area contributed by atoms with Crippen LogP contribution in [0.25, 0.3) is 11.0 Å². The molecule has 2 aromatic carbocycles. The number of benzene rings is 2. The van der Waals surface area contributed by atoms with Crippen molar-refractivity contribution in [3.63, 3.8) is 0 Å². The van der Waals surface area contributed by atoms with Gasteiger partial charge in [-0.2, -0.15) is 0 Å². The van der Waals surface area contributed by atoms with E-state index in [4.69, 9.17) is 9.15 Å². The smallest absolute Gasteiger partial charge is 0.350 e. The molecular formula is C16H7FN2O8. The summed E-state index contributed by atoms with van der Waals surface area (Å²) in [6.45, 7) is 0. The highest BCUT2D eigenvalue weighted by atomic mass is 19.1. The standard InChI is InChI=1S/C16H7FN2O8/c17-8-1-3-10-14(5-8)26-7-11(15(10)20)16(21)27-13-4-2-9(18(22)23)6-12(13)19(24)25/h1-7H. The number of carbonyl (C=O) groups excluding carboxylic acids is 1. The molecule has 11 heteroatoms. The minimum absolute atomic E-state index is 0.0935. The second kappa shape index (κ2) is 6.63. The number of nitrogens with zero attached hydrogens (tertiary/aromatic N) is 2. The summed E-state index contributed by atoms with van der Waals surface area (Å²) < 4.78 is 23.0. The Balaban J connectivity index is 2.01. The predicted octanol–water partition coefficient (Wildman–Crippen LogP) is 2.97. The number of nitro benzene ring substituents is 2. The number of halogens is 1. The molecule has 27 heavy (non-hydrogen) atoms. The normalized spacial score (nSPS) is 10.6. The van der Waals surface area contributed by atoms with Gasteiger partial charge in [0.1, 0.15) is 23.2 Å². The fraction of sp³-hybridized carbons (Fsp3) is 0. The van der Waals surface area contributed by atoms with Gasteiger partial charge in [0.15, 0.2) is 0 Å². The average Bonchev–Trinajstić information content (AvgIpc) is 2.61. The summed E-state index contributed by atoms with van der Waals surface area (Å²) in [7, 11) is 0. The molecule has 3 rings (SSSR count). The van der Waals surface area contributed by atoms with Gasteiger partial charge >= 0.3 is 11.7 Å². The minimum Gasteiger partial charge on any atom is -0.463 e. The molecule has 0 spiro atoms. The van der Waals surface area contributed by atoms with Crippen LogP contribution in [0.2, 0.25) is 0 Å². The quantitative estimate of drug-likeness (QED) is 0.293. The van der Waals surface area contributed by atoms with Gasteiger partial charge in [0.25, 0.3) is 5.69 Å². The lowest BCUT2D eigenvalue weighted by Gasteiger charge is -2.05. The zero-order valence-corrected chi connectivity index (χ0v) is 13.1. The third-order valence-electron chi connectivity index (χ3n) is 3.51. The fourth-order valence-corrected chi connectivity index (χ4v) is 2.25. The summed E-state index contributed by atoms with van der Waals surface area (Å²) in [4.78, 5) is 44.5. The van der Waals surface area contributed by atoms with Crippen LogP contribution in [0.4, 0.5) is 15.8 Å². The summed E-state index contributed by atoms with van der Waals surface area (Å²) in [5.41, 5.74) is -2.91. The number of fused-ring (bicyclic) bond motifs is 1. The lowest BCUT2D eigenvalue weighted by Crippen LogP contribution is -2.19. The van der Waals surface area contributed by atoms with E-state index in [1.807, 2.05) is 0 Å². The summed E-state index contributed by atoms with van der Waals surface area (Å²) in [6.07, 6.45) is 0.740. The molecule has 3 aromatic rings. The highest BCUT2D eigenvalue weighted by Gasteiger charge is 2.25. The number of esters is 1. The third-order valence-corrected chi connectivity index (χ3v) is 3.51. The van der Waals surface area contributed by atoms with E-state index in [9.17, 15) is 34.2 Å². The largest absolute Gasteiger partial charge is 0.463 e. The third kappa shape index (κ3) is 3.33. The molecule has 1 aromatic heterocycles. The zero-order chi connectivity index (χ0) is 19.7. The van der Waals surface area contributed by atoms with Crippen molar-refractivity contribution in [2.75, 3.05) is 0 Å². The second-order valence-corrected chi connectivity index (χ2v) is 5.17. The Bertz CT molecular complexity index is 1170. The van der Waals surface area contributed by atoms with Crippen LogP contribution in [0.3, 0.4) is 0 Å². The van der Waals surface area contributed by atoms with E-state index in [0.29, 0.717) is 6.07 Å². The van der Waals surface area contributed by atoms with Crippen molar-refractivity contribution in [2.24, 2.45) is 0 Å². The van der Waals surface area contributed by atoms with Gasteiger partial charge in [0.2, 0.25) is 11.2 Å². The number of hydrogen-bond donors (Lipinski definition) is 0. The number of carbonyl (C=O) groups is 1. The SMILES string of the molecule is O=C(Oc1ccc([N+](=O)[O-])cc1[N+](=O)[O-])c1coc2cc(F)ccc2c1=O. The Labute approximate surface area is 147 Å². The first-order chi connectivity index (χ1) is 12.8. The molecule has 1 heterocycles. The van der Waals surface area contributed by atoms with Crippen LogP contribution >= 0.6 is 0 Å². The molecule has 0 aliphatic carbocycles. The Kier molecular flexibility index (Phi) is 4.34. The molecule has 136 valence electrons. The molecule has 0 saturated heterocycles. The summed E-state index contributed by atoms with van der Waals surface area (Å²) >= 11 is 0. The number of rotatable bonds is 4. The number of non-ortho nitro benzene ring substituents is 1. The van der Waals surface area contributed by atoms with E-state index >= 15 is 0 Å². The Morgan fingerprint density at radius 2 is 1.81 bits per heavy atom. The van der Waals surface area contributed by atoms with Crippen molar-refractivity contribution >= 4 is 28.3 Å². The lowest BCUT2D eigenvalue weighted by atomic mass is 10.1. The maximum absolute atomic E-state index is 13.2. The Morgan fingerprint density at radius 1 is 1.07 bits per heavy atom. The van der Waals surface area contributed by atoms with E-state index < -0.39 is 49.7 Å². The van der Waals surface area contributed by atoms with Crippen molar-refractivity contribution in [3.05, 3.63) is 84.5 Å². The predicted molar refractivity (Wildman–Crippen MR) is 87.2 cm³/mol. The monoisotopic (exact) mass is 374 g/mol. The van der Waals surface area contributed by atoms with Crippen molar-refractivity contribution in [3.8, 4) is 5.75 Å². The molecule has 0 saturated carbocycles. The molecule has 0 N–H and O–H groups in total. The molecule has 10 nitrogen and oxygen atoms in total. The first-order valence-electron chi connectivity index (χ1n) is 7.14. The van der Waals surface area contributed by atoms with Gasteiger partial charge in [-0.15, -0.1) is 0 Å². The van der Waals surface area contributed by atoms with E-state index in [0.717, 1.165) is 36.6 Å². The van der Waals surface area contributed by atoms with Crippen LogP contribution in [0.15, 0.2) is 51.9 Å². The highest BCUT2D eigenvalue weighted by Crippen LogP contribution is 2.31. The van der Waals surface area contributed by atoms with Crippen LogP contribution in [0.1, 0.15) is 10.4 Å². The topological polar surface area (TPSA) is 143 Å². The van der Waals surface area contributed by atoms with E-state index in [-0.39, 0.29) is 11.0 Å². The van der Waals surface area contributed by atoms with Gasteiger partial charge in [-0.3, -0.25) is 25.0 Å². The molecule has 0 aliphatic heterocycles. The minimum atomic E-state index is -1.27. The molecule has 0 amide bonds. The van der Waals surface area contributed by atoms with E-state index in [1.165, 1.54) is 0 Å². The van der Waals surface area contributed by atoms with E-state index in [1.54, 1.807) is 0 Å². The van der Waals surface area contributed by atoms with Gasteiger partial charge < -0.3 is 9.15 Å². The summed E-state index contributed by atoms with van der Waals surface area (Å²) in [5.74, 6) is -2.51. The van der Waals surface area contributed by atoms with Gasteiger partial charge in [-0.05, 0) is 18.2 Å². The van der Waals surface area contributed by atoms with Crippen LogP contribution < -0.4 is 10.2 Å². The van der Waals surface area contributed by atoms with Crippen molar-refractivity contribution < 1.29 is 28.2 Å². The highest BCUT2D eigenvalue weighted by molar-refractivity contribution is 5.94. The van der Waals surface area contributed by atoms with Gasteiger partial charge in [0.05, 0.1) is 21.3 Å². The Hall–Kier alpha value is -4.15. The van der Waals surface area contributed by atoms with Gasteiger partial charge in [-0.1, -0.05) is 0 Å². The first-order valence-corrected chi connectivity index (χ1v) is 7.14. The lowest BCUT2D eigenvalue weighted by molar-refractivity contribution is -0.394. The fourth-order valence-electron chi connectivity index (χ4n) is 2.25. The number of nitro groups is 2. The van der Waals surface area contributed by atoms with Crippen molar-refractivity contribution in [1.82, 2.24) is 0 Å². The van der Waals surface area contributed by atoms with E-state index in [2.05, 4.69) is 0 Å². The van der Waals surface area contributed by atoms with Crippen LogP contribution in [0.5, 0.6) is 5.75 Å². The molecule has 0 radical (unpaired) electrons. The maximum atomic E-state index is 13.2. The molecule has 0 fully saturated rings. The summed E-state index contributed by atoms with van der Waals surface area (Å²) in [6, 6.07) is 5.45. The first kappa shape index (κ1) is 17.7. The van der Waals surface area contributed by atoms with Crippen molar-refractivity contribution in [2.45, 2.75) is 0 Å². The number of ether oxygens (including phenoxy) is 1. The summed E-state index contributed by atoms with van der Waals surface area (Å²) in [5, 5.41) is 21.7. The molecule has 0 bridgehead atoms. The van der Waals surface area contributed by atoms with Crippen LogP contribution in [-0.2, 0) is 0 Å². The Morgan fingerprint density at radius 3 is 2.48 bits per heavy atom. The second-order valence-electron chi connectivity index (χ2n) is 5.17. The molecule has 0 aliphatic rings. The van der Waals surface area contributed by atoms with Crippen molar-refractivity contribution in [1.29, 1.82) is 0 Å².